The number of nitrogens with zero attached hydrogens (tertiary/aromatic N) is 1. The first kappa shape index (κ1) is 11.9. The van der Waals surface area contributed by atoms with Crippen LogP contribution >= 0.6 is 12.2 Å². The average molecular weight is 266 g/mol. The number of rotatable bonds is 3. The predicted octanol–water partition coefficient (Wildman–Crippen LogP) is 3.32. The monoisotopic (exact) mass is 266 g/mol. The molecular formula is C16H14N2S. The van der Waals surface area contributed by atoms with Crippen molar-refractivity contribution in [3.63, 3.8) is 0 Å². The maximum absolute atomic E-state index is 5.76. The van der Waals surface area contributed by atoms with Crippen LogP contribution in [0.25, 0.3) is 10.9 Å². The van der Waals surface area contributed by atoms with Gasteiger partial charge in [-0.25, -0.2) is 0 Å². The second-order valence-corrected chi connectivity index (χ2v) is 4.97. The van der Waals surface area contributed by atoms with E-state index >= 15 is 0 Å². The molecule has 3 aromatic rings. The number of thiocarbonyl (C=S) groups is 1. The Morgan fingerprint density at radius 3 is 2.53 bits per heavy atom. The normalized spacial score (nSPS) is 10.7. The molecule has 2 N–H and O–H groups in total. The Morgan fingerprint density at radius 1 is 1.00 bits per heavy atom. The van der Waals surface area contributed by atoms with Crippen molar-refractivity contribution < 1.29 is 0 Å². The van der Waals surface area contributed by atoms with Crippen LogP contribution in [-0.4, -0.2) is 9.56 Å². The molecule has 0 aliphatic carbocycles. The summed E-state index contributed by atoms with van der Waals surface area (Å²) in [4.78, 5) is 0.447. The van der Waals surface area contributed by atoms with Crippen molar-refractivity contribution in [2.45, 2.75) is 6.54 Å². The fourth-order valence-corrected chi connectivity index (χ4v) is 2.53. The van der Waals surface area contributed by atoms with Gasteiger partial charge in [-0.2, -0.15) is 0 Å². The Morgan fingerprint density at radius 2 is 1.79 bits per heavy atom. The fraction of sp³-hybridized carbons (Fsp3) is 0.0625. The van der Waals surface area contributed by atoms with Crippen LogP contribution in [0.15, 0.2) is 60.8 Å². The van der Waals surface area contributed by atoms with Gasteiger partial charge in [0, 0.05) is 29.2 Å². The van der Waals surface area contributed by atoms with Gasteiger partial charge in [-0.3, -0.25) is 0 Å². The Hall–Kier alpha value is -2.13. The minimum atomic E-state index is 0.447. The largest absolute Gasteiger partial charge is 0.389 e. The topological polar surface area (TPSA) is 30.9 Å². The summed E-state index contributed by atoms with van der Waals surface area (Å²) in [7, 11) is 0. The Bertz CT molecular complexity index is 729. The van der Waals surface area contributed by atoms with Gasteiger partial charge in [-0.05, 0) is 17.7 Å². The summed E-state index contributed by atoms with van der Waals surface area (Å²) in [5.74, 6) is 0. The van der Waals surface area contributed by atoms with Gasteiger partial charge in [-0.1, -0.05) is 54.7 Å². The van der Waals surface area contributed by atoms with Crippen LogP contribution in [0.2, 0.25) is 0 Å². The molecule has 3 heteroatoms. The molecule has 0 unspecified atom stereocenters. The van der Waals surface area contributed by atoms with Crippen LogP contribution in [0.4, 0.5) is 0 Å². The van der Waals surface area contributed by atoms with Gasteiger partial charge in [0.2, 0.25) is 0 Å². The minimum Gasteiger partial charge on any atom is -0.389 e. The smallest absolute Gasteiger partial charge is 0.104 e. The van der Waals surface area contributed by atoms with Gasteiger partial charge in [0.1, 0.15) is 4.99 Å². The second kappa shape index (κ2) is 4.86. The summed E-state index contributed by atoms with van der Waals surface area (Å²) in [6.45, 7) is 0.852. The van der Waals surface area contributed by atoms with Crippen LogP contribution in [0, 0.1) is 0 Å². The van der Waals surface area contributed by atoms with Crippen molar-refractivity contribution >= 4 is 28.1 Å². The highest BCUT2D eigenvalue weighted by Crippen LogP contribution is 2.21. The lowest BCUT2D eigenvalue weighted by molar-refractivity contribution is 0.837. The molecule has 0 aliphatic rings. The van der Waals surface area contributed by atoms with Crippen LogP contribution < -0.4 is 5.73 Å². The first-order chi connectivity index (χ1) is 9.25. The molecule has 94 valence electrons. The summed E-state index contributed by atoms with van der Waals surface area (Å²) in [6, 6.07) is 18.5. The van der Waals surface area contributed by atoms with E-state index in [1.54, 1.807) is 0 Å². The number of fused-ring (bicyclic) bond motifs is 1. The fourth-order valence-electron chi connectivity index (χ4n) is 2.36. The zero-order chi connectivity index (χ0) is 13.2. The van der Waals surface area contributed by atoms with Crippen molar-refractivity contribution in [3.8, 4) is 0 Å². The van der Waals surface area contributed by atoms with E-state index in [2.05, 4.69) is 47.2 Å². The van der Waals surface area contributed by atoms with Gasteiger partial charge >= 0.3 is 0 Å². The van der Waals surface area contributed by atoms with E-state index in [9.17, 15) is 0 Å². The molecule has 0 atom stereocenters. The lowest BCUT2D eigenvalue weighted by Crippen LogP contribution is -2.09. The first-order valence-electron chi connectivity index (χ1n) is 6.17. The van der Waals surface area contributed by atoms with Gasteiger partial charge in [0.05, 0.1) is 0 Å². The Balaban J connectivity index is 2.07. The highest BCUT2D eigenvalue weighted by molar-refractivity contribution is 7.80. The number of hydrogen-bond acceptors (Lipinski definition) is 1. The summed E-state index contributed by atoms with van der Waals surface area (Å²) in [5, 5.41) is 1.12. The van der Waals surface area contributed by atoms with E-state index in [0.29, 0.717) is 4.99 Å². The van der Waals surface area contributed by atoms with E-state index in [0.717, 1.165) is 23.0 Å². The van der Waals surface area contributed by atoms with Crippen molar-refractivity contribution in [1.29, 1.82) is 0 Å². The maximum Gasteiger partial charge on any atom is 0.104 e. The quantitative estimate of drug-likeness (QED) is 0.737. The molecule has 2 nitrogen and oxygen atoms in total. The minimum absolute atomic E-state index is 0.447. The zero-order valence-electron chi connectivity index (χ0n) is 10.4. The second-order valence-electron chi connectivity index (χ2n) is 4.53. The van der Waals surface area contributed by atoms with E-state index in [4.69, 9.17) is 18.0 Å². The van der Waals surface area contributed by atoms with Gasteiger partial charge in [-0.15, -0.1) is 0 Å². The third kappa shape index (κ3) is 2.25. The Labute approximate surface area is 117 Å². The standard InChI is InChI=1S/C16H14N2S/c17-16(19)14-7-4-8-15-13(14)9-10-18(15)11-12-5-2-1-3-6-12/h1-10H,11H2,(H2,17,19). The number of hydrogen-bond donors (Lipinski definition) is 1. The number of benzene rings is 2. The molecule has 0 bridgehead atoms. The SMILES string of the molecule is NC(=S)c1cccc2c1ccn2Cc1ccccc1. The molecule has 0 radical (unpaired) electrons. The molecular weight excluding hydrogens is 252 g/mol. The van der Waals surface area contributed by atoms with E-state index < -0.39 is 0 Å². The van der Waals surface area contributed by atoms with E-state index in [1.807, 2.05) is 18.2 Å². The molecule has 19 heavy (non-hydrogen) atoms. The third-order valence-electron chi connectivity index (χ3n) is 3.27. The van der Waals surface area contributed by atoms with Crippen LogP contribution in [0.1, 0.15) is 11.1 Å². The molecule has 3 rings (SSSR count). The summed E-state index contributed by atoms with van der Waals surface area (Å²) < 4.78 is 2.21. The van der Waals surface area contributed by atoms with Crippen LogP contribution in [-0.2, 0) is 6.54 Å². The van der Waals surface area contributed by atoms with Gasteiger partial charge < -0.3 is 10.3 Å². The van der Waals surface area contributed by atoms with Crippen molar-refractivity contribution in [2.75, 3.05) is 0 Å². The highest BCUT2D eigenvalue weighted by Gasteiger charge is 2.07. The molecule has 0 saturated heterocycles. The van der Waals surface area contributed by atoms with E-state index in [1.165, 1.54) is 5.56 Å². The molecule has 2 aromatic carbocycles. The van der Waals surface area contributed by atoms with Crippen molar-refractivity contribution in [3.05, 3.63) is 71.9 Å². The third-order valence-corrected chi connectivity index (χ3v) is 3.49. The summed E-state index contributed by atoms with van der Waals surface area (Å²) in [6.07, 6.45) is 2.08. The maximum atomic E-state index is 5.76. The predicted molar refractivity (Wildman–Crippen MR) is 83.4 cm³/mol. The van der Waals surface area contributed by atoms with Crippen molar-refractivity contribution in [1.82, 2.24) is 4.57 Å². The molecule has 0 saturated carbocycles. The van der Waals surface area contributed by atoms with Gasteiger partial charge in [0.15, 0.2) is 0 Å². The summed E-state index contributed by atoms with van der Waals surface area (Å²) in [5.41, 5.74) is 9.15. The van der Waals surface area contributed by atoms with Gasteiger partial charge in [0.25, 0.3) is 0 Å². The van der Waals surface area contributed by atoms with Crippen molar-refractivity contribution in [2.24, 2.45) is 5.73 Å². The molecule has 0 spiro atoms. The van der Waals surface area contributed by atoms with Crippen LogP contribution in [0.5, 0.6) is 0 Å². The number of nitrogens with two attached hydrogens (primary N) is 1. The molecule has 1 heterocycles. The summed E-state index contributed by atoms with van der Waals surface area (Å²) >= 11 is 5.10. The molecule has 0 fully saturated rings. The molecule has 0 amide bonds. The molecule has 1 aromatic heterocycles. The van der Waals surface area contributed by atoms with E-state index in [-0.39, 0.29) is 0 Å². The average Bonchev–Trinajstić information content (AvgIpc) is 2.83. The first-order valence-corrected chi connectivity index (χ1v) is 6.58. The lowest BCUT2D eigenvalue weighted by Gasteiger charge is -2.07. The lowest BCUT2D eigenvalue weighted by atomic mass is 10.1. The zero-order valence-corrected chi connectivity index (χ0v) is 11.2. The highest BCUT2D eigenvalue weighted by atomic mass is 32.1. The van der Waals surface area contributed by atoms with Crippen LogP contribution in [0.3, 0.4) is 0 Å². The Kier molecular flexibility index (Phi) is 3.05. The number of aromatic nitrogens is 1. The molecule has 0 aliphatic heterocycles.